The Hall–Kier alpha value is -1.17. The zero-order valence-electron chi connectivity index (χ0n) is 10.4. The monoisotopic (exact) mass is 280 g/mol. The van der Waals surface area contributed by atoms with Crippen LogP contribution >= 0.6 is 22.7 Å². The first-order valence-electron chi connectivity index (χ1n) is 5.67. The molecule has 96 valence electrons. The van der Waals surface area contributed by atoms with Crippen LogP contribution < -0.4 is 5.32 Å². The molecule has 0 aliphatic carbocycles. The molecule has 18 heavy (non-hydrogen) atoms. The highest BCUT2D eigenvalue weighted by Gasteiger charge is 2.16. The Kier molecular flexibility index (Phi) is 4.52. The first kappa shape index (κ1) is 13.3. The molecule has 0 fully saturated rings. The van der Waals surface area contributed by atoms with Crippen molar-refractivity contribution in [1.29, 1.82) is 0 Å². The van der Waals surface area contributed by atoms with Crippen molar-refractivity contribution in [2.45, 2.75) is 6.04 Å². The van der Waals surface area contributed by atoms with Gasteiger partial charge in [0.1, 0.15) is 0 Å². The van der Waals surface area contributed by atoms with Gasteiger partial charge in [0.2, 0.25) is 0 Å². The summed E-state index contributed by atoms with van der Waals surface area (Å²) in [5, 5.41) is 11.0. The summed E-state index contributed by atoms with van der Waals surface area (Å²) in [6, 6.07) is 4.17. The number of hydrogen-bond acceptors (Lipinski definition) is 4. The summed E-state index contributed by atoms with van der Waals surface area (Å²) in [7, 11) is 4.05. The van der Waals surface area contributed by atoms with Gasteiger partial charge in [-0.1, -0.05) is 0 Å². The van der Waals surface area contributed by atoms with Crippen LogP contribution in [0, 0.1) is 0 Å². The van der Waals surface area contributed by atoms with Crippen LogP contribution in [-0.4, -0.2) is 31.4 Å². The summed E-state index contributed by atoms with van der Waals surface area (Å²) in [6.45, 7) is 0.623. The van der Waals surface area contributed by atoms with Crippen LogP contribution in [0.5, 0.6) is 0 Å². The lowest BCUT2D eigenvalue weighted by Gasteiger charge is -2.23. The van der Waals surface area contributed by atoms with Crippen LogP contribution in [0.2, 0.25) is 0 Å². The SMILES string of the molecule is CN(C)[C@H](CNC(=O)c1ccsc1)c1ccsc1. The van der Waals surface area contributed by atoms with Gasteiger partial charge in [-0.05, 0) is 47.9 Å². The fourth-order valence-corrected chi connectivity index (χ4v) is 3.09. The van der Waals surface area contributed by atoms with E-state index in [2.05, 4.69) is 27.0 Å². The van der Waals surface area contributed by atoms with Gasteiger partial charge in [-0.2, -0.15) is 22.7 Å². The Bertz CT molecular complexity index is 477. The van der Waals surface area contributed by atoms with Crippen molar-refractivity contribution >= 4 is 28.6 Å². The van der Waals surface area contributed by atoms with E-state index in [1.807, 2.05) is 30.9 Å². The molecule has 0 unspecified atom stereocenters. The van der Waals surface area contributed by atoms with E-state index in [0.29, 0.717) is 6.54 Å². The third-order valence-electron chi connectivity index (χ3n) is 2.79. The lowest BCUT2D eigenvalue weighted by atomic mass is 10.1. The molecule has 2 rings (SSSR count). The van der Waals surface area contributed by atoms with Crippen molar-refractivity contribution in [2.75, 3.05) is 20.6 Å². The van der Waals surface area contributed by atoms with E-state index >= 15 is 0 Å². The molecule has 2 aromatic rings. The normalized spacial score (nSPS) is 12.6. The minimum Gasteiger partial charge on any atom is -0.350 e. The fraction of sp³-hybridized carbons (Fsp3) is 0.308. The van der Waals surface area contributed by atoms with Gasteiger partial charge in [0.05, 0.1) is 6.04 Å². The molecule has 3 nitrogen and oxygen atoms in total. The second kappa shape index (κ2) is 6.13. The van der Waals surface area contributed by atoms with E-state index < -0.39 is 0 Å². The number of likely N-dealkylation sites (N-methyl/N-ethyl adjacent to an activating group) is 1. The van der Waals surface area contributed by atoms with E-state index in [9.17, 15) is 4.79 Å². The topological polar surface area (TPSA) is 32.3 Å². The molecule has 0 bridgehead atoms. The van der Waals surface area contributed by atoms with Crippen LogP contribution in [0.3, 0.4) is 0 Å². The fourth-order valence-electron chi connectivity index (χ4n) is 1.75. The van der Waals surface area contributed by atoms with Gasteiger partial charge < -0.3 is 10.2 Å². The largest absolute Gasteiger partial charge is 0.350 e. The van der Waals surface area contributed by atoms with Crippen LogP contribution in [0.4, 0.5) is 0 Å². The minimum atomic E-state index is -0.00155. The van der Waals surface area contributed by atoms with E-state index in [4.69, 9.17) is 0 Å². The highest BCUT2D eigenvalue weighted by atomic mass is 32.1. The molecule has 0 spiro atoms. The van der Waals surface area contributed by atoms with Gasteiger partial charge in [0, 0.05) is 17.5 Å². The quantitative estimate of drug-likeness (QED) is 0.913. The average Bonchev–Trinajstić information content (AvgIpc) is 3.01. The lowest BCUT2D eigenvalue weighted by molar-refractivity contribution is 0.0942. The Morgan fingerprint density at radius 1 is 1.28 bits per heavy atom. The van der Waals surface area contributed by atoms with E-state index in [-0.39, 0.29) is 11.9 Å². The number of amides is 1. The van der Waals surface area contributed by atoms with Crippen molar-refractivity contribution in [1.82, 2.24) is 10.2 Å². The van der Waals surface area contributed by atoms with Crippen molar-refractivity contribution in [2.24, 2.45) is 0 Å². The summed E-state index contributed by atoms with van der Waals surface area (Å²) < 4.78 is 0. The van der Waals surface area contributed by atoms with Crippen molar-refractivity contribution in [3.05, 3.63) is 44.8 Å². The molecule has 0 aliphatic heterocycles. The summed E-state index contributed by atoms with van der Waals surface area (Å²) in [4.78, 5) is 14.0. The molecule has 1 amide bonds. The molecule has 0 saturated carbocycles. The molecule has 1 atom stereocenters. The molecule has 2 heterocycles. The second-order valence-corrected chi connectivity index (χ2v) is 5.82. The Morgan fingerprint density at radius 2 is 2.00 bits per heavy atom. The van der Waals surface area contributed by atoms with Gasteiger partial charge in [-0.25, -0.2) is 0 Å². The van der Waals surface area contributed by atoms with Crippen molar-refractivity contribution in [3.63, 3.8) is 0 Å². The predicted molar refractivity (Wildman–Crippen MR) is 77.4 cm³/mol. The average molecular weight is 280 g/mol. The molecule has 2 aromatic heterocycles. The summed E-state index contributed by atoms with van der Waals surface area (Å²) >= 11 is 3.22. The molecular formula is C13H16N2OS2. The molecule has 0 radical (unpaired) electrons. The number of nitrogens with zero attached hydrogens (tertiary/aromatic N) is 1. The zero-order valence-corrected chi connectivity index (χ0v) is 12.1. The number of hydrogen-bond donors (Lipinski definition) is 1. The second-order valence-electron chi connectivity index (χ2n) is 4.26. The zero-order chi connectivity index (χ0) is 13.0. The first-order valence-corrected chi connectivity index (χ1v) is 7.56. The summed E-state index contributed by atoms with van der Waals surface area (Å²) in [5.74, 6) is -0.00155. The number of carbonyl (C=O) groups excluding carboxylic acids is 1. The Morgan fingerprint density at radius 3 is 2.56 bits per heavy atom. The number of nitrogens with one attached hydrogen (secondary N) is 1. The highest BCUT2D eigenvalue weighted by Crippen LogP contribution is 2.20. The van der Waals surface area contributed by atoms with Crippen LogP contribution in [0.1, 0.15) is 22.0 Å². The van der Waals surface area contributed by atoms with E-state index in [0.717, 1.165) is 5.56 Å². The van der Waals surface area contributed by atoms with Gasteiger partial charge in [0.15, 0.2) is 0 Å². The minimum absolute atomic E-state index is 0.00155. The van der Waals surface area contributed by atoms with Crippen molar-refractivity contribution in [3.8, 4) is 0 Å². The van der Waals surface area contributed by atoms with E-state index in [1.165, 1.54) is 16.9 Å². The molecule has 0 aromatic carbocycles. The molecule has 1 N–H and O–H groups in total. The predicted octanol–water partition coefficient (Wildman–Crippen LogP) is 2.84. The van der Waals surface area contributed by atoms with Crippen LogP contribution in [0.25, 0.3) is 0 Å². The molecule has 0 aliphatic rings. The summed E-state index contributed by atoms with van der Waals surface area (Å²) in [5.41, 5.74) is 1.98. The van der Waals surface area contributed by atoms with Gasteiger partial charge in [-0.15, -0.1) is 0 Å². The number of rotatable bonds is 5. The van der Waals surface area contributed by atoms with E-state index in [1.54, 1.807) is 11.3 Å². The Labute approximate surface area is 115 Å². The van der Waals surface area contributed by atoms with Gasteiger partial charge in [0.25, 0.3) is 5.91 Å². The number of carbonyl (C=O) groups is 1. The standard InChI is InChI=1S/C13H16N2OS2/c1-15(2)12(10-3-5-17-8-10)7-14-13(16)11-4-6-18-9-11/h3-6,8-9,12H,7H2,1-2H3,(H,14,16)/t12-/m1/s1. The van der Waals surface area contributed by atoms with Crippen molar-refractivity contribution < 1.29 is 4.79 Å². The van der Waals surface area contributed by atoms with Gasteiger partial charge in [-0.3, -0.25) is 4.79 Å². The maximum Gasteiger partial charge on any atom is 0.252 e. The maximum absolute atomic E-state index is 11.9. The molecule has 0 saturated heterocycles. The van der Waals surface area contributed by atoms with Crippen LogP contribution in [-0.2, 0) is 0 Å². The van der Waals surface area contributed by atoms with Crippen LogP contribution in [0.15, 0.2) is 33.7 Å². The lowest BCUT2D eigenvalue weighted by Crippen LogP contribution is -2.34. The maximum atomic E-state index is 11.9. The first-order chi connectivity index (χ1) is 8.68. The third-order valence-corrected chi connectivity index (χ3v) is 4.18. The smallest absolute Gasteiger partial charge is 0.252 e. The highest BCUT2D eigenvalue weighted by molar-refractivity contribution is 7.08. The molecule has 5 heteroatoms. The summed E-state index contributed by atoms with van der Waals surface area (Å²) in [6.07, 6.45) is 0. The Balaban J connectivity index is 1.97. The van der Waals surface area contributed by atoms with Gasteiger partial charge >= 0.3 is 0 Å². The third kappa shape index (κ3) is 3.19. The number of thiophene rings is 2. The molecular weight excluding hydrogens is 264 g/mol.